The van der Waals surface area contributed by atoms with Crippen LogP contribution in [0.3, 0.4) is 0 Å². The summed E-state index contributed by atoms with van der Waals surface area (Å²) in [6.07, 6.45) is 9.58. The molecular weight excluding hydrogens is 312 g/mol. The first-order valence-corrected chi connectivity index (χ1v) is 10.3. The van der Waals surface area contributed by atoms with Gasteiger partial charge in [-0.2, -0.15) is 0 Å². The quantitative estimate of drug-likeness (QED) is 0.356. The van der Waals surface area contributed by atoms with Crippen LogP contribution in [0, 0.1) is 0 Å². The molecule has 23 heavy (non-hydrogen) atoms. The normalized spacial score (nSPS) is 16.9. The second-order valence-corrected chi connectivity index (χ2v) is 8.49. The summed E-state index contributed by atoms with van der Waals surface area (Å²) < 4.78 is 25.3. The molecule has 0 radical (unpaired) electrons. The summed E-state index contributed by atoms with van der Waals surface area (Å²) in [4.78, 5) is 4.50. The number of hydrogen-bond donors (Lipinski definition) is 3. The Hall–Kier alpha value is -1.08. The van der Waals surface area contributed by atoms with Gasteiger partial charge >= 0.3 is 0 Å². The minimum atomic E-state index is -3.24. The van der Waals surface area contributed by atoms with Crippen LogP contribution in [-0.4, -0.2) is 45.8 Å². The van der Waals surface area contributed by atoms with Gasteiger partial charge in [-0.25, -0.2) is 13.1 Å². The highest BCUT2D eigenvalue weighted by Crippen LogP contribution is 2.19. The average Bonchev–Trinajstić information content (AvgIpc) is 2.43. The molecule has 1 rings (SSSR count). The van der Waals surface area contributed by atoms with Crippen molar-refractivity contribution in [3.05, 3.63) is 11.6 Å². The van der Waals surface area contributed by atoms with E-state index in [4.69, 9.17) is 0 Å². The maximum Gasteiger partial charge on any atom is 0.209 e. The zero-order valence-electron chi connectivity index (χ0n) is 14.9. The van der Waals surface area contributed by atoms with Crippen LogP contribution in [0.2, 0.25) is 0 Å². The third-order valence-corrected chi connectivity index (χ3v) is 4.49. The van der Waals surface area contributed by atoms with Crippen molar-refractivity contribution in [2.75, 3.05) is 25.9 Å². The van der Waals surface area contributed by atoms with E-state index >= 15 is 0 Å². The van der Waals surface area contributed by atoms with E-state index in [0.29, 0.717) is 6.54 Å². The molecule has 0 unspecified atom stereocenters. The standard InChI is InChI=1S/C16H32N4O2S/c1-5-17-15(18-12-11-14-9-7-6-8-10-14)19-13-16(2,3)20-23(4,21)22/h9,20H,5-8,10-13H2,1-4H3,(H2,17,18,19). The first kappa shape index (κ1) is 20.0. The van der Waals surface area contributed by atoms with Gasteiger partial charge in [-0.15, -0.1) is 0 Å². The van der Waals surface area contributed by atoms with E-state index in [9.17, 15) is 8.42 Å². The molecule has 0 aromatic rings. The van der Waals surface area contributed by atoms with E-state index in [2.05, 4.69) is 26.4 Å². The Kier molecular flexibility index (Phi) is 8.05. The molecule has 1 aliphatic carbocycles. The predicted molar refractivity (Wildman–Crippen MR) is 97.2 cm³/mol. The Morgan fingerprint density at radius 1 is 1.30 bits per heavy atom. The van der Waals surface area contributed by atoms with Gasteiger partial charge in [-0.05, 0) is 52.9 Å². The van der Waals surface area contributed by atoms with Crippen LogP contribution in [0.4, 0.5) is 0 Å². The summed E-state index contributed by atoms with van der Waals surface area (Å²) in [5.41, 5.74) is 0.917. The fraction of sp³-hybridized carbons (Fsp3) is 0.812. The topological polar surface area (TPSA) is 82.6 Å². The van der Waals surface area contributed by atoms with Crippen LogP contribution in [0.5, 0.6) is 0 Å². The number of sulfonamides is 1. The molecule has 0 atom stereocenters. The molecule has 0 saturated heterocycles. The Morgan fingerprint density at radius 2 is 2.04 bits per heavy atom. The molecule has 0 spiro atoms. The Balaban J connectivity index is 2.50. The SMILES string of the molecule is CCNC(=NCC(C)(C)NS(C)(=O)=O)NCCC1=CCCCC1. The Labute approximate surface area is 141 Å². The predicted octanol–water partition coefficient (Wildman–Crippen LogP) is 1.76. The third kappa shape index (κ3) is 9.61. The maximum atomic E-state index is 11.4. The van der Waals surface area contributed by atoms with Gasteiger partial charge in [0.15, 0.2) is 5.96 Å². The van der Waals surface area contributed by atoms with E-state index in [1.807, 2.05) is 20.8 Å². The monoisotopic (exact) mass is 344 g/mol. The molecule has 1 aliphatic rings. The summed E-state index contributed by atoms with van der Waals surface area (Å²) in [7, 11) is -3.24. The smallest absolute Gasteiger partial charge is 0.209 e. The Morgan fingerprint density at radius 3 is 2.61 bits per heavy atom. The zero-order valence-corrected chi connectivity index (χ0v) is 15.7. The molecule has 7 heteroatoms. The average molecular weight is 345 g/mol. The molecule has 134 valence electrons. The second-order valence-electron chi connectivity index (χ2n) is 6.74. The molecule has 0 aliphatic heterocycles. The molecular formula is C16H32N4O2S. The summed E-state index contributed by atoms with van der Waals surface area (Å²) >= 11 is 0. The van der Waals surface area contributed by atoms with E-state index in [0.717, 1.165) is 25.5 Å². The zero-order chi connectivity index (χ0) is 17.3. The lowest BCUT2D eigenvalue weighted by atomic mass is 9.97. The van der Waals surface area contributed by atoms with Crippen molar-refractivity contribution in [1.29, 1.82) is 0 Å². The molecule has 0 heterocycles. The maximum absolute atomic E-state index is 11.4. The molecule has 0 aromatic carbocycles. The number of guanidine groups is 1. The van der Waals surface area contributed by atoms with Gasteiger partial charge in [0, 0.05) is 18.6 Å². The van der Waals surface area contributed by atoms with E-state index < -0.39 is 15.6 Å². The van der Waals surface area contributed by atoms with Crippen LogP contribution >= 0.6 is 0 Å². The number of nitrogens with zero attached hydrogens (tertiary/aromatic N) is 1. The van der Waals surface area contributed by atoms with Crippen molar-refractivity contribution in [2.45, 2.75) is 58.4 Å². The first-order valence-electron chi connectivity index (χ1n) is 8.41. The van der Waals surface area contributed by atoms with Crippen LogP contribution in [0.1, 0.15) is 52.9 Å². The summed E-state index contributed by atoms with van der Waals surface area (Å²) in [5, 5.41) is 6.52. The highest BCUT2D eigenvalue weighted by molar-refractivity contribution is 7.88. The van der Waals surface area contributed by atoms with Crippen LogP contribution in [0.15, 0.2) is 16.6 Å². The minimum absolute atomic E-state index is 0.373. The molecule has 0 saturated carbocycles. The van der Waals surface area contributed by atoms with E-state index in [-0.39, 0.29) is 0 Å². The second kappa shape index (κ2) is 9.27. The van der Waals surface area contributed by atoms with Crippen molar-refractivity contribution >= 4 is 16.0 Å². The summed E-state index contributed by atoms with van der Waals surface area (Å²) in [6.45, 7) is 7.66. The van der Waals surface area contributed by atoms with Crippen molar-refractivity contribution < 1.29 is 8.42 Å². The van der Waals surface area contributed by atoms with Crippen LogP contribution in [-0.2, 0) is 10.0 Å². The van der Waals surface area contributed by atoms with Crippen molar-refractivity contribution in [3.63, 3.8) is 0 Å². The molecule has 3 N–H and O–H groups in total. The summed E-state index contributed by atoms with van der Waals surface area (Å²) in [5.74, 6) is 0.729. The van der Waals surface area contributed by atoms with Crippen molar-refractivity contribution in [3.8, 4) is 0 Å². The van der Waals surface area contributed by atoms with Gasteiger partial charge in [0.2, 0.25) is 10.0 Å². The fourth-order valence-corrected chi connectivity index (χ4v) is 3.69. The van der Waals surface area contributed by atoms with Gasteiger partial charge in [0.25, 0.3) is 0 Å². The van der Waals surface area contributed by atoms with Crippen molar-refractivity contribution in [1.82, 2.24) is 15.4 Å². The van der Waals surface area contributed by atoms with E-state index in [1.54, 1.807) is 0 Å². The largest absolute Gasteiger partial charge is 0.357 e. The lowest BCUT2D eigenvalue weighted by Gasteiger charge is -2.23. The highest BCUT2D eigenvalue weighted by atomic mass is 32.2. The fourth-order valence-electron chi connectivity index (χ4n) is 2.63. The molecule has 0 amide bonds. The van der Waals surface area contributed by atoms with Gasteiger partial charge in [0.1, 0.15) is 0 Å². The van der Waals surface area contributed by atoms with Crippen molar-refractivity contribution in [2.24, 2.45) is 4.99 Å². The number of hydrogen-bond acceptors (Lipinski definition) is 3. The minimum Gasteiger partial charge on any atom is -0.357 e. The molecule has 0 aromatic heterocycles. The first-order chi connectivity index (χ1) is 10.7. The highest BCUT2D eigenvalue weighted by Gasteiger charge is 2.21. The third-order valence-electron chi connectivity index (χ3n) is 3.56. The molecule has 0 bridgehead atoms. The van der Waals surface area contributed by atoms with E-state index in [1.165, 1.54) is 37.5 Å². The number of allylic oxidation sites excluding steroid dienone is 1. The Bertz CT molecular complexity index is 524. The van der Waals surface area contributed by atoms with Crippen LogP contribution < -0.4 is 15.4 Å². The van der Waals surface area contributed by atoms with Gasteiger partial charge < -0.3 is 10.6 Å². The lowest BCUT2D eigenvalue weighted by molar-refractivity contribution is 0.464. The molecule has 0 fully saturated rings. The number of rotatable bonds is 8. The lowest BCUT2D eigenvalue weighted by Crippen LogP contribution is -2.46. The van der Waals surface area contributed by atoms with Crippen LogP contribution in [0.25, 0.3) is 0 Å². The number of aliphatic imine (C=N–C) groups is 1. The van der Waals surface area contributed by atoms with Gasteiger partial charge in [0.05, 0.1) is 12.8 Å². The van der Waals surface area contributed by atoms with Gasteiger partial charge in [-0.1, -0.05) is 11.6 Å². The van der Waals surface area contributed by atoms with Gasteiger partial charge in [-0.3, -0.25) is 4.99 Å². The summed E-state index contributed by atoms with van der Waals surface area (Å²) in [6, 6.07) is 0. The number of nitrogens with one attached hydrogen (secondary N) is 3. The molecule has 6 nitrogen and oxygen atoms in total.